The number of carbonyl (C=O) groups is 1. The van der Waals surface area contributed by atoms with Crippen LogP contribution in [0.2, 0.25) is 0 Å². The minimum absolute atomic E-state index is 0.0769. The number of benzene rings is 1. The Morgan fingerprint density at radius 1 is 1.06 bits per heavy atom. The van der Waals surface area contributed by atoms with E-state index in [1.807, 2.05) is 45.0 Å². The van der Waals surface area contributed by atoms with Crippen molar-refractivity contribution >= 4 is 17.1 Å². The molecule has 0 bridgehead atoms. The SMILES string of the molecule is COc1ccnc2c(=O)n([C@@H](C)C(=O)OC(C(C)C)[C@H](C)Oc3ccc(C)cc3)c(=O)oc12. The molecule has 0 radical (unpaired) electrons. The van der Waals surface area contributed by atoms with Crippen LogP contribution >= 0.6 is 0 Å². The number of pyridine rings is 1. The first kappa shape index (κ1) is 24.0. The lowest BCUT2D eigenvalue weighted by Gasteiger charge is -2.29. The topological polar surface area (TPSA) is 110 Å². The molecule has 3 rings (SSSR count). The predicted octanol–water partition coefficient (Wildman–Crippen LogP) is 3.26. The Labute approximate surface area is 190 Å². The Morgan fingerprint density at radius 2 is 1.73 bits per heavy atom. The summed E-state index contributed by atoms with van der Waals surface area (Å²) in [7, 11) is 1.38. The maximum Gasteiger partial charge on any atom is 0.423 e. The summed E-state index contributed by atoms with van der Waals surface area (Å²) in [4.78, 5) is 42.5. The van der Waals surface area contributed by atoms with E-state index in [1.165, 1.54) is 26.3 Å². The first-order chi connectivity index (χ1) is 15.6. The molecule has 3 atom stereocenters. The maximum absolute atomic E-state index is 13.0. The summed E-state index contributed by atoms with van der Waals surface area (Å²) in [6, 6.07) is 7.77. The molecule has 0 spiro atoms. The molecule has 0 saturated carbocycles. The van der Waals surface area contributed by atoms with E-state index in [-0.39, 0.29) is 22.8 Å². The van der Waals surface area contributed by atoms with Crippen molar-refractivity contribution in [3.63, 3.8) is 0 Å². The number of rotatable bonds is 8. The van der Waals surface area contributed by atoms with Crippen LogP contribution in [0.5, 0.6) is 11.5 Å². The third kappa shape index (κ3) is 5.08. The molecule has 0 aliphatic rings. The van der Waals surface area contributed by atoms with Gasteiger partial charge in [-0.1, -0.05) is 31.5 Å². The van der Waals surface area contributed by atoms with E-state index in [0.29, 0.717) is 10.3 Å². The van der Waals surface area contributed by atoms with E-state index in [4.69, 9.17) is 18.6 Å². The Balaban J connectivity index is 1.86. The van der Waals surface area contributed by atoms with Crippen LogP contribution < -0.4 is 20.8 Å². The molecule has 9 heteroatoms. The fraction of sp³-hybridized carbons (Fsp3) is 0.417. The van der Waals surface area contributed by atoms with Crippen molar-refractivity contribution in [3.8, 4) is 11.5 Å². The first-order valence-electron chi connectivity index (χ1n) is 10.7. The van der Waals surface area contributed by atoms with Gasteiger partial charge in [-0.2, -0.15) is 0 Å². The lowest BCUT2D eigenvalue weighted by Crippen LogP contribution is -2.43. The largest absolute Gasteiger partial charge is 0.493 e. The van der Waals surface area contributed by atoms with Crippen molar-refractivity contribution in [1.82, 2.24) is 9.55 Å². The second kappa shape index (κ2) is 9.89. The van der Waals surface area contributed by atoms with Gasteiger partial charge in [0.2, 0.25) is 5.58 Å². The summed E-state index contributed by atoms with van der Waals surface area (Å²) in [5, 5.41) is 0. The van der Waals surface area contributed by atoms with Crippen molar-refractivity contribution in [1.29, 1.82) is 0 Å². The van der Waals surface area contributed by atoms with E-state index >= 15 is 0 Å². The molecule has 3 aromatic rings. The number of hydrogen-bond acceptors (Lipinski definition) is 8. The van der Waals surface area contributed by atoms with Gasteiger partial charge in [0.05, 0.1) is 7.11 Å². The fourth-order valence-corrected chi connectivity index (χ4v) is 3.52. The summed E-state index contributed by atoms with van der Waals surface area (Å²) in [6.45, 7) is 8.96. The van der Waals surface area contributed by atoms with Crippen molar-refractivity contribution in [2.24, 2.45) is 5.92 Å². The monoisotopic (exact) mass is 456 g/mol. The van der Waals surface area contributed by atoms with Crippen molar-refractivity contribution in [3.05, 3.63) is 63.0 Å². The van der Waals surface area contributed by atoms with E-state index in [9.17, 15) is 14.4 Å². The molecule has 0 aliphatic heterocycles. The highest BCUT2D eigenvalue weighted by Gasteiger charge is 2.31. The predicted molar refractivity (Wildman–Crippen MR) is 122 cm³/mol. The van der Waals surface area contributed by atoms with Gasteiger partial charge in [0.1, 0.15) is 24.0 Å². The molecule has 2 heterocycles. The number of hydrogen-bond donors (Lipinski definition) is 0. The number of fused-ring (bicyclic) bond motifs is 1. The smallest absolute Gasteiger partial charge is 0.423 e. The molecular formula is C24H28N2O7. The average molecular weight is 456 g/mol. The summed E-state index contributed by atoms with van der Waals surface area (Å²) >= 11 is 0. The first-order valence-corrected chi connectivity index (χ1v) is 10.7. The zero-order valence-corrected chi connectivity index (χ0v) is 19.5. The van der Waals surface area contributed by atoms with Gasteiger partial charge in [0.25, 0.3) is 5.56 Å². The van der Waals surface area contributed by atoms with E-state index in [1.54, 1.807) is 6.92 Å². The van der Waals surface area contributed by atoms with Crippen LogP contribution in [0.1, 0.15) is 39.3 Å². The Morgan fingerprint density at radius 3 is 2.33 bits per heavy atom. The molecule has 1 unspecified atom stereocenters. The fourth-order valence-electron chi connectivity index (χ4n) is 3.52. The van der Waals surface area contributed by atoms with Crippen LogP contribution in [0.25, 0.3) is 11.1 Å². The third-order valence-corrected chi connectivity index (χ3v) is 5.34. The number of ether oxygens (including phenoxy) is 3. The molecule has 0 N–H and O–H groups in total. The Kier molecular flexibility index (Phi) is 7.20. The van der Waals surface area contributed by atoms with Gasteiger partial charge in [-0.05, 0) is 38.8 Å². The second-order valence-electron chi connectivity index (χ2n) is 8.19. The molecule has 1 aromatic carbocycles. The molecule has 0 saturated heterocycles. The van der Waals surface area contributed by atoms with Gasteiger partial charge in [-0.15, -0.1) is 0 Å². The standard InChI is InChI=1S/C24H28N2O7/c1-13(2)20(16(5)31-17-9-7-14(3)8-10-17)32-23(28)15(4)26-22(27)19-21(33-24(26)29)18(30-6)11-12-25-19/h7-13,15-16,20H,1-6H3/t15-,16-,20?/m0/s1. The molecule has 0 aliphatic carbocycles. The number of esters is 1. The van der Waals surface area contributed by atoms with E-state index in [2.05, 4.69) is 4.98 Å². The summed E-state index contributed by atoms with van der Waals surface area (Å²) in [6.07, 6.45) is 0.261. The lowest BCUT2D eigenvalue weighted by atomic mass is 10.0. The summed E-state index contributed by atoms with van der Waals surface area (Å²) in [5.74, 6) is -1.01. The normalized spacial score (nSPS) is 14.0. The number of aryl methyl sites for hydroxylation is 1. The highest BCUT2D eigenvalue weighted by molar-refractivity contribution is 5.78. The zero-order valence-electron chi connectivity index (χ0n) is 19.5. The van der Waals surface area contributed by atoms with Gasteiger partial charge in [-0.3, -0.25) is 4.79 Å². The van der Waals surface area contributed by atoms with Crippen molar-refractivity contribution in [2.75, 3.05) is 7.11 Å². The lowest BCUT2D eigenvalue weighted by molar-refractivity contribution is -0.160. The van der Waals surface area contributed by atoms with Crippen LogP contribution in [-0.4, -0.2) is 34.8 Å². The van der Waals surface area contributed by atoms with Crippen LogP contribution in [0.15, 0.2) is 50.5 Å². The highest BCUT2D eigenvalue weighted by Crippen LogP contribution is 2.22. The Hall–Kier alpha value is -3.62. The second-order valence-corrected chi connectivity index (χ2v) is 8.19. The highest BCUT2D eigenvalue weighted by atomic mass is 16.6. The van der Waals surface area contributed by atoms with E-state index in [0.717, 1.165) is 5.56 Å². The van der Waals surface area contributed by atoms with Crippen molar-refractivity contribution < 1.29 is 23.4 Å². The third-order valence-electron chi connectivity index (χ3n) is 5.34. The van der Waals surface area contributed by atoms with E-state index < -0.39 is 35.5 Å². The number of carbonyl (C=O) groups excluding carboxylic acids is 1. The molecule has 176 valence electrons. The molecule has 2 aromatic heterocycles. The number of nitrogens with zero attached hydrogens (tertiary/aromatic N) is 2. The van der Waals surface area contributed by atoms with Gasteiger partial charge in [0, 0.05) is 12.3 Å². The molecule has 33 heavy (non-hydrogen) atoms. The zero-order chi connectivity index (χ0) is 24.3. The van der Waals surface area contributed by atoms with Crippen LogP contribution in [-0.2, 0) is 9.53 Å². The number of methoxy groups -OCH3 is 1. The minimum Gasteiger partial charge on any atom is -0.493 e. The van der Waals surface area contributed by atoms with Gasteiger partial charge in [0.15, 0.2) is 11.3 Å². The quantitative estimate of drug-likeness (QED) is 0.475. The Bertz CT molecular complexity index is 1240. The molecule has 0 fully saturated rings. The van der Waals surface area contributed by atoms with Gasteiger partial charge >= 0.3 is 11.7 Å². The number of aromatic nitrogens is 2. The van der Waals surface area contributed by atoms with Crippen molar-refractivity contribution in [2.45, 2.75) is 52.9 Å². The van der Waals surface area contributed by atoms with Crippen LogP contribution in [0, 0.1) is 12.8 Å². The van der Waals surface area contributed by atoms with Crippen LogP contribution in [0.3, 0.4) is 0 Å². The van der Waals surface area contributed by atoms with Gasteiger partial charge in [-0.25, -0.2) is 19.1 Å². The van der Waals surface area contributed by atoms with Crippen LogP contribution in [0.4, 0.5) is 0 Å². The molecule has 9 nitrogen and oxygen atoms in total. The molecule has 0 amide bonds. The summed E-state index contributed by atoms with van der Waals surface area (Å²) in [5.41, 5.74) is 0.133. The van der Waals surface area contributed by atoms with Gasteiger partial charge < -0.3 is 18.6 Å². The average Bonchev–Trinajstić information content (AvgIpc) is 2.78. The maximum atomic E-state index is 13.0. The summed E-state index contributed by atoms with van der Waals surface area (Å²) < 4.78 is 22.7. The minimum atomic E-state index is -1.24. The molecular weight excluding hydrogens is 428 g/mol.